The first kappa shape index (κ1) is 13.5. The average Bonchev–Trinajstić information content (AvgIpc) is 2.42. The van der Waals surface area contributed by atoms with Crippen LogP contribution in [0.4, 0.5) is 4.39 Å². The van der Waals surface area contributed by atoms with E-state index in [1.807, 2.05) is 6.07 Å². The monoisotopic (exact) mass is 272 g/mol. The molecular weight excluding hydrogens is 263 g/mol. The summed E-state index contributed by atoms with van der Waals surface area (Å²) in [7, 11) is 0. The van der Waals surface area contributed by atoms with Crippen LogP contribution in [-0.4, -0.2) is 15.6 Å². The van der Waals surface area contributed by atoms with Crippen molar-refractivity contribution in [1.29, 1.82) is 5.26 Å². The maximum absolute atomic E-state index is 13.7. The SMILES string of the molecule is N#Cc1ccc(Cn2ccc(C(=O)O)cc2=O)c(F)c1. The van der Waals surface area contributed by atoms with Crippen molar-refractivity contribution >= 4 is 5.97 Å². The van der Waals surface area contributed by atoms with Gasteiger partial charge in [0, 0.05) is 17.8 Å². The molecule has 1 N–H and O–H groups in total. The lowest BCUT2D eigenvalue weighted by Crippen LogP contribution is -2.21. The predicted octanol–water partition coefficient (Wildman–Crippen LogP) is 1.61. The fraction of sp³-hybridized carbons (Fsp3) is 0.0714. The van der Waals surface area contributed by atoms with Crippen LogP contribution in [0.1, 0.15) is 21.5 Å². The highest BCUT2D eigenvalue weighted by Gasteiger charge is 2.08. The molecule has 0 aliphatic heterocycles. The molecule has 1 aromatic carbocycles. The molecule has 0 aliphatic rings. The van der Waals surface area contributed by atoms with Gasteiger partial charge in [-0.2, -0.15) is 5.26 Å². The summed E-state index contributed by atoms with van der Waals surface area (Å²) in [5.74, 6) is -1.78. The van der Waals surface area contributed by atoms with Crippen LogP contribution in [0.15, 0.2) is 41.3 Å². The molecule has 5 nitrogen and oxygen atoms in total. The van der Waals surface area contributed by atoms with Gasteiger partial charge in [-0.25, -0.2) is 9.18 Å². The summed E-state index contributed by atoms with van der Waals surface area (Å²) in [4.78, 5) is 22.4. The third-order valence-electron chi connectivity index (χ3n) is 2.77. The van der Waals surface area contributed by atoms with Crippen LogP contribution in [-0.2, 0) is 6.54 Å². The Kier molecular flexibility index (Phi) is 3.62. The Hall–Kier alpha value is -2.94. The van der Waals surface area contributed by atoms with Crippen molar-refractivity contribution in [2.45, 2.75) is 6.54 Å². The number of carboxylic acid groups (broad SMARTS) is 1. The van der Waals surface area contributed by atoms with E-state index in [9.17, 15) is 14.0 Å². The molecule has 0 amide bonds. The zero-order chi connectivity index (χ0) is 14.7. The van der Waals surface area contributed by atoms with Gasteiger partial charge in [-0.1, -0.05) is 6.07 Å². The van der Waals surface area contributed by atoms with E-state index in [4.69, 9.17) is 10.4 Å². The lowest BCUT2D eigenvalue weighted by atomic mass is 10.1. The third kappa shape index (κ3) is 2.72. The molecule has 0 bridgehead atoms. The van der Waals surface area contributed by atoms with Crippen molar-refractivity contribution in [3.63, 3.8) is 0 Å². The van der Waals surface area contributed by atoms with Crippen molar-refractivity contribution in [2.24, 2.45) is 0 Å². The number of hydrogen-bond donors (Lipinski definition) is 1. The molecule has 1 aromatic heterocycles. The molecule has 0 fully saturated rings. The van der Waals surface area contributed by atoms with Gasteiger partial charge in [0.2, 0.25) is 0 Å². The van der Waals surface area contributed by atoms with Crippen LogP contribution in [0.3, 0.4) is 0 Å². The molecule has 100 valence electrons. The maximum atomic E-state index is 13.7. The van der Waals surface area contributed by atoms with Crippen LogP contribution in [0.2, 0.25) is 0 Å². The summed E-state index contributed by atoms with van der Waals surface area (Å²) in [6, 6.07) is 8.03. The van der Waals surface area contributed by atoms with Crippen molar-refractivity contribution in [1.82, 2.24) is 4.57 Å². The smallest absolute Gasteiger partial charge is 0.335 e. The van der Waals surface area contributed by atoms with Gasteiger partial charge in [-0.3, -0.25) is 4.79 Å². The molecule has 2 aromatic rings. The number of nitrogens with zero attached hydrogens (tertiary/aromatic N) is 2. The van der Waals surface area contributed by atoms with E-state index in [0.29, 0.717) is 0 Å². The molecule has 0 aliphatic carbocycles. The quantitative estimate of drug-likeness (QED) is 0.920. The molecule has 6 heteroatoms. The van der Waals surface area contributed by atoms with E-state index in [2.05, 4.69) is 0 Å². The summed E-state index contributed by atoms with van der Waals surface area (Å²) < 4.78 is 14.9. The number of halogens is 1. The van der Waals surface area contributed by atoms with Crippen LogP contribution in [0.5, 0.6) is 0 Å². The summed E-state index contributed by atoms with van der Waals surface area (Å²) in [5.41, 5.74) is -0.214. The second-order valence-corrected chi connectivity index (χ2v) is 4.10. The average molecular weight is 272 g/mol. The van der Waals surface area contributed by atoms with Crippen molar-refractivity contribution in [3.05, 3.63) is 69.4 Å². The minimum atomic E-state index is -1.20. The van der Waals surface area contributed by atoms with Gasteiger partial charge in [-0.05, 0) is 18.2 Å². The number of rotatable bonds is 3. The number of aromatic nitrogens is 1. The van der Waals surface area contributed by atoms with E-state index < -0.39 is 17.3 Å². The molecular formula is C14H9FN2O3. The third-order valence-corrected chi connectivity index (χ3v) is 2.77. The van der Waals surface area contributed by atoms with E-state index in [1.54, 1.807) is 0 Å². The molecule has 0 saturated heterocycles. The number of nitriles is 1. The number of aromatic carboxylic acids is 1. The van der Waals surface area contributed by atoms with E-state index >= 15 is 0 Å². The van der Waals surface area contributed by atoms with Crippen LogP contribution in [0, 0.1) is 17.1 Å². The topological polar surface area (TPSA) is 83.1 Å². The number of carboxylic acids is 1. The molecule has 0 radical (unpaired) electrons. The fourth-order valence-corrected chi connectivity index (χ4v) is 1.70. The van der Waals surface area contributed by atoms with Gasteiger partial charge in [-0.15, -0.1) is 0 Å². The summed E-state index contributed by atoms with van der Waals surface area (Å²) in [5, 5.41) is 17.4. The highest BCUT2D eigenvalue weighted by atomic mass is 19.1. The van der Waals surface area contributed by atoms with E-state index in [1.165, 1.54) is 29.0 Å². The summed E-state index contributed by atoms with van der Waals surface area (Å²) in [6.45, 7) is -0.0315. The molecule has 0 atom stereocenters. The molecule has 0 spiro atoms. The first-order valence-electron chi connectivity index (χ1n) is 5.63. The first-order valence-corrected chi connectivity index (χ1v) is 5.63. The van der Waals surface area contributed by atoms with E-state index in [-0.39, 0.29) is 23.2 Å². The van der Waals surface area contributed by atoms with Crippen molar-refractivity contribution in [3.8, 4) is 6.07 Å². The standard InChI is InChI=1S/C14H9FN2O3/c15-12-5-9(7-16)1-2-11(12)8-17-4-3-10(14(19)20)6-13(17)18/h1-6H,8H2,(H,19,20). The Morgan fingerprint density at radius 1 is 1.35 bits per heavy atom. The molecule has 20 heavy (non-hydrogen) atoms. The van der Waals surface area contributed by atoms with Gasteiger partial charge in [0.05, 0.1) is 23.7 Å². The zero-order valence-corrected chi connectivity index (χ0v) is 10.2. The lowest BCUT2D eigenvalue weighted by Gasteiger charge is -2.07. The van der Waals surface area contributed by atoms with Gasteiger partial charge in [0.25, 0.3) is 5.56 Å². The second kappa shape index (κ2) is 5.36. The highest BCUT2D eigenvalue weighted by Crippen LogP contribution is 2.11. The zero-order valence-electron chi connectivity index (χ0n) is 10.2. The minimum Gasteiger partial charge on any atom is -0.478 e. The van der Waals surface area contributed by atoms with Gasteiger partial charge in [0.1, 0.15) is 5.82 Å². The molecule has 0 saturated carbocycles. The fourth-order valence-electron chi connectivity index (χ4n) is 1.70. The largest absolute Gasteiger partial charge is 0.478 e. The lowest BCUT2D eigenvalue weighted by molar-refractivity contribution is 0.0696. The predicted molar refractivity (Wildman–Crippen MR) is 67.9 cm³/mol. The highest BCUT2D eigenvalue weighted by molar-refractivity contribution is 5.87. The number of hydrogen-bond acceptors (Lipinski definition) is 3. The van der Waals surface area contributed by atoms with Gasteiger partial charge in [0.15, 0.2) is 0 Å². The minimum absolute atomic E-state index is 0.0315. The normalized spacial score (nSPS) is 10.0. The number of pyridine rings is 1. The Balaban J connectivity index is 2.34. The Morgan fingerprint density at radius 3 is 2.65 bits per heavy atom. The molecule has 0 unspecified atom stereocenters. The molecule has 1 heterocycles. The maximum Gasteiger partial charge on any atom is 0.335 e. The Bertz CT molecular complexity index is 775. The summed E-state index contributed by atoms with van der Waals surface area (Å²) >= 11 is 0. The molecule has 2 rings (SSSR count). The van der Waals surface area contributed by atoms with Crippen LogP contribution < -0.4 is 5.56 Å². The van der Waals surface area contributed by atoms with Crippen molar-refractivity contribution < 1.29 is 14.3 Å². The van der Waals surface area contributed by atoms with Gasteiger partial charge >= 0.3 is 5.97 Å². The Morgan fingerprint density at radius 2 is 2.10 bits per heavy atom. The Labute approximate surface area is 113 Å². The van der Waals surface area contributed by atoms with Crippen LogP contribution in [0.25, 0.3) is 0 Å². The van der Waals surface area contributed by atoms with Gasteiger partial charge < -0.3 is 9.67 Å². The first-order chi connectivity index (χ1) is 9.51. The number of carbonyl (C=O) groups is 1. The summed E-state index contributed by atoms with van der Waals surface area (Å²) in [6.07, 6.45) is 1.30. The van der Waals surface area contributed by atoms with Crippen molar-refractivity contribution in [2.75, 3.05) is 0 Å². The van der Waals surface area contributed by atoms with E-state index in [0.717, 1.165) is 12.1 Å². The number of benzene rings is 1. The van der Waals surface area contributed by atoms with Crippen LogP contribution >= 0.6 is 0 Å². The second-order valence-electron chi connectivity index (χ2n) is 4.10.